The van der Waals surface area contributed by atoms with Crippen molar-refractivity contribution in [3.8, 4) is 11.5 Å². The molecule has 1 saturated carbocycles. The summed E-state index contributed by atoms with van der Waals surface area (Å²) in [6, 6.07) is 12.0. The van der Waals surface area contributed by atoms with E-state index in [-0.39, 0.29) is 24.0 Å². The highest BCUT2D eigenvalue weighted by Crippen LogP contribution is 2.32. The van der Waals surface area contributed by atoms with Crippen LogP contribution in [-0.4, -0.2) is 81.4 Å². The highest BCUT2D eigenvalue weighted by atomic mass is 16.5. The number of methoxy groups -OCH3 is 2. The van der Waals surface area contributed by atoms with E-state index in [1.165, 1.54) is 12.8 Å². The molecule has 2 aromatic rings. The molecule has 1 heterocycles. The Hall–Kier alpha value is -3.30. The van der Waals surface area contributed by atoms with Crippen LogP contribution in [0.1, 0.15) is 37.0 Å². The molecule has 3 atom stereocenters. The van der Waals surface area contributed by atoms with Gasteiger partial charge in [0.05, 0.1) is 18.8 Å². The lowest BCUT2D eigenvalue weighted by molar-refractivity contribution is 0.00994. The fourth-order valence-corrected chi connectivity index (χ4v) is 4.81. The SMILES string of the molecule is COc1cccc(NC(=O)Nc2ccc3c(c2)C(=O)N(C)C[C@@H](OC)[C@@H](C)CN(CC2CC2)[C@H](C)CO3)c1. The molecule has 1 aliphatic heterocycles. The van der Waals surface area contributed by atoms with Gasteiger partial charge in [-0.05, 0) is 61.9 Å². The minimum atomic E-state index is -0.425. The molecule has 0 spiro atoms. The van der Waals surface area contributed by atoms with Crippen LogP contribution in [0.4, 0.5) is 16.2 Å². The second kappa shape index (κ2) is 12.5. The lowest BCUT2D eigenvalue weighted by atomic mass is 10.0. The largest absolute Gasteiger partial charge is 0.497 e. The molecule has 0 aromatic heterocycles. The van der Waals surface area contributed by atoms with Crippen molar-refractivity contribution < 1.29 is 23.8 Å². The number of anilines is 2. The van der Waals surface area contributed by atoms with Gasteiger partial charge < -0.3 is 29.7 Å². The van der Waals surface area contributed by atoms with Crippen molar-refractivity contribution in [2.75, 3.05) is 58.1 Å². The number of amides is 3. The van der Waals surface area contributed by atoms with Crippen molar-refractivity contribution in [3.05, 3.63) is 48.0 Å². The van der Waals surface area contributed by atoms with Crippen LogP contribution in [-0.2, 0) is 4.74 Å². The standard InChI is InChI=1S/C29H40N4O5/c1-19-15-33(16-21-9-10-21)20(2)18-38-26-12-11-23(14-25(26)28(34)32(3)17-27(19)37-5)31-29(35)30-22-7-6-8-24(13-22)36-4/h6-8,11-14,19-21,27H,9-10,15-18H2,1-5H3,(H2,30,31,35)/t19-,20+,27+/m0/s1. The second-order valence-electron chi connectivity index (χ2n) is 10.5. The fraction of sp³-hybridized carbons (Fsp3) is 0.517. The van der Waals surface area contributed by atoms with E-state index >= 15 is 0 Å². The van der Waals surface area contributed by atoms with Gasteiger partial charge in [-0.2, -0.15) is 0 Å². The Balaban J connectivity index is 1.55. The van der Waals surface area contributed by atoms with E-state index in [1.807, 2.05) is 0 Å². The van der Waals surface area contributed by atoms with E-state index < -0.39 is 6.03 Å². The van der Waals surface area contributed by atoms with Crippen LogP contribution in [0.2, 0.25) is 0 Å². The van der Waals surface area contributed by atoms with Crippen molar-refractivity contribution in [1.82, 2.24) is 9.80 Å². The quantitative estimate of drug-likeness (QED) is 0.576. The summed E-state index contributed by atoms with van der Waals surface area (Å²) in [6.45, 7) is 7.22. The summed E-state index contributed by atoms with van der Waals surface area (Å²) in [5.41, 5.74) is 1.48. The van der Waals surface area contributed by atoms with Crippen LogP contribution in [0.25, 0.3) is 0 Å². The number of hydrogen-bond acceptors (Lipinski definition) is 6. The molecule has 3 amide bonds. The van der Waals surface area contributed by atoms with E-state index in [2.05, 4.69) is 29.4 Å². The molecule has 1 aliphatic carbocycles. The Morgan fingerprint density at radius 1 is 1.05 bits per heavy atom. The maximum atomic E-state index is 13.6. The van der Waals surface area contributed by atoms with E-state index in [0.29, 0.717) is 41.6 Å². The number of likely N-dealkylation sites (N-methyl/N-ethyl adjacent to an activating group) is 1. The van der Waals surface area contributed by atoms with Crippen LogP contribution in [0, 0.1) is 11.8 Å². The normalized spacial score (nSPS) is 22.9. The Bertz CT molecular complexity index is 1120. The first-order chi connectivity index (χ1) is 18.3. The van der Waals surface area contributed by atoms with Gasteiger partial charge in [-0.1, -0.05) is 13.0 Å². The average Bonchev–Trinajstić information content (AvgIpc) is 3.73. The van der Waals surface area contributed by atoms with Gasteiger partial charge in [0.15, 0.2) is 0 Å². The molecule has 2 aliphatic rings. The number of nitrogens with one attached hydrogen (secondary N) is 2. The van der Waals surface area contributed by atoms with Crippen LogP contribution in [0.15, 0.2) is 42.5 Å². The highest BCUT2D eigenvalue weighted by Gasteiger charge is 2.31. The molecule has 0 bridgehead atoms. The number of rotatable bonds is 6. The first-order valence-corrected chi connectivity index (χ1v) is 13.3. The maximum Gasteiger partial charge on any atom is 0.323 e. The topological polar surface area (TPSA) is 92.4 Å². The molecule has 9 nitrogen and oxygen atoms in total. The number of urea groups is 1. The summed E-state index contributed by atoms with van der Waals surface area (Å²) < 4.78 is 17.3. The summed E-state index contributed by atoms with van der Waals surface area (Å²) in [6.07, 6.45) is 2.47. The molecule has 0 unspecified atom stereocenters. The summed E-state index contributed by atoms with van der Waals surface area (Å²) >= 11 is 0. The molecule has 0 radical (unpaired) electrons. The molecule has 1 fully saturated rings. The van der Waals surface area contributed by atoms with Gasteiger partial charge in [-0.15, -0.1) is 0 Å². The number of benzene rings is 2. The molecule has 38 heavy (non-hydrogen) atoms. The molecule has 0 saturated heterocycles. The van der Waals surface area contributed by atoms with Gasteiger partial charge in [0.2, 0.25) is 0 Å². The monoisotopic (exact) mass is 524 g/mol. The third kappa shape index (κ3) is 7.17. The summed E-state index contributed by atoms with van der Waals surface area (Å²) in [5.74, 6) is 1.95. The minimum absolute atomic E-state index is 0.100. The van der Waals surface area contributed by atoms with Crippen LogP contribution < -0.4 is 20.1 Å². The number of hydrogen-bond donors (Lipinski definition) is 2. The summed E-state index contributed by atoms with van der Waals surface area (Å²) in [4.78, 5) is 30.4. The number of carbonyl (C=O) groups excluding carboxylic acids is 2. The lowest BCUT2D eigenvalue weighted by Crippen LogP contribution is -2.47. The Morgan fingerprint density at radius 3 is 2.47 bits per heavy atom. The number of carbonyl (C=O) groups is 2. The molecular formula is C29H40N4O5. The van der Waals surface area contributed by atoms with Crippen LogP contribution >= 0.6 is 0 Å². The Kier molecular flexibility index (Phi) is 9.12. The van der Waals surface area contributed by atoms with Gasteiger partial charge in [-0.3, -0.25) is 9.69 Å². The Morgan fingerprint density at radius 2 is 1.79 bits per heavy atom. The maximum absolute atomic E-state index is 13.6. The molecule has 2 aromatic carbocycles. The lowest BCUT2D eigenvalue weighted by Gasteiger charge is -2.36. The van der Waals surface area contributed by atoms with Gasteiger partial charge in [-0.25, -0.2) is 4.79 Å². The first-order valence-electron chi connectivity index (χ1n) is 13.3. The predicted octanol–water partition coefficient (Wildman–Crippen LogP) is 4.56. The summed E-state index contributed by atoms with van der Waals surface area (Å²) in [7, 11) is 5.05. The van der Waals surface area contributed by atoms with E-state index in [4.69, 9.17) is 14.2 Å². The molecule has 9 heteroatoms. The zero-order valence-electron chi connectivity index (χ0n) is 23.0. The fourth-order valence-electron chi connectivity index (χ4n) is 4.81. The third-order valence-electron chi connectivity index (χ3n) is 7.35. The molecule has 206 valence electrons. The van der Waals surface area contributed by atoms with Crippen LogP contribution in [0.5, 0.6) is 11.5 Å². The van der Waals surface area contributed by atoms with Crippen molar-refractivity contribution >= 4 is 23.3 Å². The molecule has 4 rings (SSSR count). The minimum Gasteiger partial charge on any atom is -0.497 e. The second-order valence-corrected chi connectivity index (χ2v) is 10.5. The number of nitrogens with zero attached hydrogens (tertiary/aromatic N) is 2. The van der Waals surface area contributed by atoms with Gasteiger partial charge >= 0.3 is 6.03 Å². The Labute approximate surface area is 225 Å². The third-order valence-corrected chi connectivity index (χ3v) is 7.35. The molecular weight excluding hydrogens is 484 g/mol. The first kappa shape index (κ1) is 27.7. The average molecular weight is 525 g/mol. The van der Waals surface area contributed by atoms with Crippen LogP contribution in [0.3, 0.4) is 0 Å². The van der Waals surface area contributed by atoms with Crippen molar-refractivity contribution in [2.45, 2.75) is 38.8 Å². The number of fused-ring (bicyclic) bond motifs is 1. The smallest absolute Gasteiger partial charge is 0.323 e. The highest BCUT2D eigenvalue weighted by molar-refractivity contribution is 6.02. The van der Waals surface area contributed by atoms with Crippen molar-refractivity contribution in [2.24, 2.45) is 11.8 Å². The van der Waals surface area contributed by atoms with E-state index in [0.717, 1.165) is 19.0 Å². The summed E-state index contributed by atoms with van der Waals surface area (Å²) in [5, 5.41) is 5.61. The van der Waals surface area contributed by atoms with Gasteiger partial charge in [0, 0.05) is 57.3 Å². The van der Waals surface area contributed by atoms with E-state index in [1.54, 1.807) is 68.6 Å². The van der Waals surface area contributed by atoms with E-state index in [9.17, 15) is 9.59 Å². The van der Waals surface area contributed by atoms with Crippen molar-refractivity contribution in [1.29, 1.82) is 0 Å². The predicted molar refractivity (Wildman–Crippen MR) is 148 cm³/mol. The van der Waals surface area contributed by atoms with Gasteiger partial charge in [0.1, 0.15) is 18.1 Å². The van der Waals surface area contributed by atoms with Crippen molar-refractivity contribution in [3.63, 3.8) is 0 Å². The molecule has 2 N–H and O–H groups in total. The zero-order valence-corrected chi connectivity index (χ0v) is 23.0. The van der Waals surface area contributed by atoms with Gasteiger partial charge in [0.25, 0.3) is 5.91 Å². The number of ether oxygens (including phenoxy) is 3. The zero-order chi connectivity index (χ0) is 27.2.